The normalized spacial score (nSPS) is 21.4. The average molecular weight is 442 g/mol. The molecule has 0 radical (unpaired) electrons. The number of halogens is 1. The zero-order chi connectivity index (χ0) is 21.2. The van der Waals surface area contributed by atoms with Gasteiger partial charge in [-0.15, -0.1) is 0 Å². The van der Waals surface area contributed by atoms with Crippen molar-refractivity contribution in [2.75, 3.05) is 57.4 Å². The van der Waals surface area contributed by atoms with Crippen molar-refractivity contribution in [3.8, 4) is 11.5 Å². The van der Waals surface area contributed by atoms with Crippen molar-refractivity contribution < 1.29 is 14.3 Å². The zero-order valence-corrected chi connectivity index (χ0v) is 18.4. The van der Waals surface area contributed by atoms with E-state index in [1.54, 1.807) is 0 Å². The van der Waals surface area contributed by atoms with Crippen molar-refractivity contribution in [2.45, 2.75) is 18.9 Å². The number of hydrogen-bond donors (Lipinski definition) is 0. The van der Waals surface area contributed by atoms with E-state index in [9.17, 15) is 4.79 Å². The highest BCUT2D eigenvalue weighted by atomic mass is 35.5. The molecule has 2 aromatic rings. The third-order valence-corrected chi connectivity index (χ3v) is 6.77. The van der Waals surface area contributed by atoms with E-state index in [4.69, 9.17) is 21.1 Å². The molecule has 3 aliphatic heterocycles. The fourth-order valence-electron chi connectivity index (χ4n) is 4.82. The van der Waals surface area contributed by atoms with Gasteiger partial charge in [0.15, 0.2) is 11.5 Å². The summed E-state index contributed by atoms with van der Waals surface area (Å²) >= 11 is 6.35. The number of piperazine rings is 1. The van der Waals surface area contributed by atoms with E-state index in [-0.39, 0.29) is 11.9 Å². The molecule has 5 rings (SSSR count). The molecule has 1 atom stereocenters. The molecule has 0 spiro atoms. The highest BCUT2D eigenvalue weighted by Crippen LogP contribution is 2.38. The van der Waals surface area contributed by atoms with Crippen LogP contribution in [0.2, 0.25) is 5.02 Å². The Morgan fingerprint density at radius 2 is 1.74 bits per heavy atom. The van der Waals surface area contributed by atoms with Crippen molar-refractivity contribution >= 4 is 23.2 Å². The van der Waals surface area contributed by atoms with E-state index >= 15 is 0 Å². The molecule has 1 amide bonds. The summed E-state index contributed by atoms with van der Waals surface area (Å²) in [5, 5.41) is 0.784. The number of para-hydroxylation sites is 1. The SMILES string of the molecule is O=C(CN1CCN(c2ccccc2Cl)CC1)N1CCCC1c1ccc2c(c1)OCCO2. The zero-order valence-electron chi connectivity index (χ0n) is 17.6. The number of hydrogen-bond acceptors (Lipinski definition) is 5. The third kappa shape index (κ3) is 4.32. The van der Waals surface area contributed by atoms with Gasteiger partial charge in [-0.1, -0.05) is 29.8 Å². The van der Waals surface area contributed by atoms with Gasteiger partial charge in [0.25, 0.3) is 0 Å². The first kappa shape index (κ1) is 20.5. The lowest BCUT2D eigenvalue weighted by Gasteiger charge is -2.37. The summed E-state index contributed by atoms with van der Waals surface area (Å²) in [6.07, 6.45) is 2.02. The number of carbonyl (C=O) groups excluding carboxylic acids is 1. The van der Waals surface area contributed by atoms with Gasteiger partial charge in [-0.05, 0) is 42.7 Å². The van der Waals surface area contributed by atoms with E-state index in [0.717, 1.165) is 73.3 Å². The predicted molar refractivity (Wildman–Crippen MR) is 121 cm³/mol. The minimum Gasteiger partial charge on any atom is -0.486 e. The first-order valence-corrected chi connectivity index (χ1v) is 11.5. The second kappa shape index (κ2) is 8.97. The number of anilines is 1. The van der Waals surface area contributed by atoms with Gasteiger partial charge >= 0.3 is 0 Å². The maximum atomic E-state index is 13.2. The second-order valence-corrected chi connectivity index (χ2v) is 8.77. The molecule has 31 heavy (non-hydrogen) atoms. The van der Waals surface area contributed by atoms with Gasteiger partial charge < -0.3 is 19.3 Å². The van der Waals surface area contributed by atoms with E-state index in [1.807, 2.05) is 35.2 Å². The van der Waals surface area contributed by atoms with Gasteiger partial charge in [0.05, 0.1) is 23.3 Å². The molecule has 164 valence electrons. The molecule has 0 aliphatic carbocycles. The molecule has 6 nitrogen and oxygen atoms in total. The molecule has 2 aromatic carbocycles. The van der Waals surface area contributed by atoms with Crippen molar-refractivity contribution in [1.82, 2.24) is 9.80 Å². The Bertz CT molecular complexity index is 945. The van der Waals surface area contributed by atoms with E-state index in [2.05, 4.69) is 21.9 Å². The Hall–Kier alpha value is -2.44. The average Bonchev–Trinajstić information content (AvgIpc) is 3.30. The summed E-state index contributed by atoms with van der Waals surface area (Å²) in [7, 11) is 0. The van der Waals surface area contributed by atoms with Crippen LogP contribution in [0, 0.1) is 0 Å². The number of ether oxygens (including phenoxy) is 2. The van der Waals surface area contributed by atoms with Crippen LogP contribution in [0.25, 0.3) is 0 Å². The summed E-state index contributed by atoms with van der Waals surface area (Å²) in [4.78, 5) is 19.8. The molecular formula is C24H28ClN3O3. The highest BCUT2D eigenvalue weighted by molar-refractivity contribution is 6.33. The smallest absolute Gasteiger partial charge is 0.237 e. The fourth-order valence-corrected chi connectivity index (χ4v) is 5.07. The van der Waals surface area contributed by atoms with Gasteiger partial charge in [0.1, 0.15) is 13.2 Å². The summed E-state index contributed by atoms with van der Waals surface area (Å²) in [5.41, 5.74) is 2.21. The van der Waals surface area contributed by atoms with Gasteiger partial charge in [-0.3, -0.25) is 9.69 Å². The van der Waals surface area contributed by atoms with Crippen LogP contribution in [-0.2, 0) is 4.79 Å². The predicted octanol–water partition coefficient (Wildman–Crippen LogP) is 3.60. The number of amides is 1. The summed E-state index contributed by atoms with van der Waals surface area (Å²) in [5.74, 6) is 1.80. The minimum atomic E-state index is 0.118. The summed E-state index contributed by atoms with van der Waals surface area (Å²) in [6.45, 7) is 5.92. The monoisotopic (exact) mass is 441 g/mol. The molecule has 3 heterocycles. The van der Waals surface area contributed by atoms with Crippen molar-refractivity contribution in [3.63, 3.8) is 0 Å². The summed E-state index contributed by atoms with van der Waals surface area (Å²) in [6, 6.07) is 14.2. The topological polar surface area (TPSA) is 45.3 Å². The van der Waals surface area contributed by atoms with Gasteiger partial charge in [-0.25, -0.2) is 0 Å². The Morgan fingerprint density at radius 1 is 0.968 bits per heavy atom. The lowest BCUT2D eigenvalue weighted by atomic mass is 10.0. The molecule has 2 fully saturated rings. The first-order valence-electron chi connectivity index (χ1n) is 11.1. The minimum absolute atomic E-state index is 0.118. The largest absolute Gasteiger partial charge is 0.486 e. The van der Waals surface area contributed by atoms with Crippen LogP contribution < -0.4 is 14.4 Å². The van der Waals surface area contributed by atoms with Gasteiger partial charge in [-0.2, -0.15) is 0 Å². The molecule has 0 bridgehead atoms. The molecule has 2 saturated heterocycles. The number of benzene rings is 2. The lowest BCUT2D eigenvalue weighted by Crippen LogP contribution is -2.50. The van der Waals surface area contributed by atoms with Crippen molar-refractivity contribution in [3.05, 3.63) is 53.1 Å². The molecule has 0 aromatic heterocycles. The quantitative estimate of drug-likeness (QED) is 0.725. The van der Waals surface area contributed by atoms with E-state index < -0.39 is 0 Å². The third-order valence-electron chi connectivity index (χ3n) is 6.45. The van der Waals surface area contributed by atoms with Crippen LogP contribution in [0.5, 0.6) is 11.5 Å². The Morgan fingerprint density at radius 3 is 2.55 bits per heavy atom. The molecule has 1 unspecified atom stereocenters. The van der Waals surface area contributed by atoms with Gasteiger partial charge in [0.2, 0.25) is 5.91 Å². The van der Waals surface area contributed by atoms with Crippen LogP contribution in [0.4, 0.5) is 5.69 Å². The van der Waals surface area contributed by atoms with E-state index in [1.165, 1.54) is 0 Å². The van der Waals surface area contributed by atoms with Crippen LogP contribution in [0.15, 0.2) is 42.5 Å². The first-order chi connectivity index (χ1) is 15.2. The van der Waals surface area contributed by atoms with Gasteiger partial charge in [0, 0.05) is 32.7 Å². The number of fused-ring (bicyclic) bond motifs is 1. The van der Waals surface area contributed by atoms with Crippen LogP contribution in [0.1, 0.15) is 24.4 Å². The molecular weight excluding hydrogens is 414 g/mol. The second-order valence-electron chi connectivity index (χ2n) is 8.36. The maximum absolute atomic E-state index is 13.2. The molecule has 7 heteroatoms. The number of carbonyl (C=O) groups is 1. The Kier molecular flexibility index (Phi) is 5.92. The van der Waals surface area contributed by atoms with Crippen LogP contribution in [-0.4, -0.2) is 68.2 Å². The summed E-state index contributed by atoms with van der Waals surface area (Å²) < 4.78 is 11.4. The molecule has 0 saturated carbocycles. The number of likely N-dealkylation sites (tertiary alicyclic amines) is 1. The van der Waals surface area contributed by atoms with E-state index in [0.29, 0.717) is 19.8 Å². The van der Waals surface area contributed by atoms with Crippen molar-refractivity contribution in [2.24, 2.45) is 0 Å². The maximum Gasteiger partial charge on any atom is 0.237 e. The highest BCUT2D eigenvalue weighted by Gasteiger charge is 2.32. The standard InChI is InChI=1S/C24H28ClN3O3/c25-19-4-1-2-5-21(19)27-12-10-26(11-13-27)17-24(29)28-9-3-6-20(28)18-7-8-22-23(16-18)31-15-14-30-22/h1-2,4-5,7-8,16,20H,3,6,9-15,17H2. The number of nitrogens with zero attached hydrogens (tertiary/aromatic N) is 3. The molecule has 3 aliphatic rings. The Balaban J connectivity index is 1.20. The van der Waals surface area contributed by atoms with Crippen LogP contribution >= 0.6 is 11.6 Å². The van der Waals surface area contributed by atoms with Crippen molar-refractivity contribution in [1.29, 1.82) is 0 Å². The number of rotatable bonds is 4. The lowest BCUT2D eigenvalue weighted by molar-refractivity contribution is -0.133. The van der Waals surface area contributed by atoms with Crippen LogP contribution in [0.3, 0.4) is 0 Å². The Labute approximate surface area is 188 Å². The fraction of sp³-hybridized carbons (Fsp3) is 0.458. The molecule has 0 N–H and O–H groups in total.